The zero-order valence-electron chi connectivity index (χ0n) is 34.0. The van der Waals surface area contributed by atoms with Crippen molar-refractivity contribution in [2.75, 3.05) is 23.5 Å². The Morgan fingerprint density at radius 2 is 1.40 bits per heavy atom. The number of rotatable bonds is 4. The fourth-order valence-corrected chi connectivity index (χ4v) is 11.4. The van der Waals surface area contributed by atoms with Gasteiger partial charge in [0.25, 0.3) is 0 Å². The molecule has 3 aliphatic heterocycles. The summed E-state index contributed by atoms with van der Waals surface area (Å²) in [4.78, 5) is 12.2. The Kier molecular flexibility index (Phi) is 7.55. The topological polar surface area (TPSA) is 33.5 Å². The molecule has 0 N–H and O–H groups in total. The van der Waals surface area contributed by atoms with Gasteiger partial charge in [-0.05, 0) is 99.0 Å². The second-order valence-corrected chi connectivity index (χ2v) is 18.4. The highest BCUT2D eigenvalue weighted by Gasteiger charge is 2.53. The molecule has 1 spiro atoms. The van der Waals surface area contributed by atoms with E-state index >= 15 is 0 Å². The molecule has 1 unspecified atom stereocenters. The molecule has 290 valence electrons. The number of fused-ring (bicyclic) bond motifs is 11. The van der Waals surface area contributed by atoms with Gasteiger partial charge in [0.2, 0.25) is 0 Å². The van der Waals surface area contributed by atoms with E-state index in [9.17, 15) is 0 Å². The number of aromatic nitrogens is 2. The Balaban J connectivity index is 1.11. The van der Waals surface area contributed by atoms with Crippen LogP contribution in [0.25, 0.3) is 38.8 Å². The Morgan fingerprint density at radius 1 is 0.617 bits per heavy atom. The molecule has 6 heteroatoms. The van der Waals surface area contributed by atoms with E-state index < -0.39 is 5.41 Å². The number of nitrogens with zero attached hydrogens (tertiary/aromatic N) is 4. The van der Waals surface area contributed by atoms with Crippen molar-refractivity contribution < 1.29 is 4.74 Å². The minimum absolute atomic E-state index is 0.0381. The van der Waals surface area contributed by atoms with Crippen LogP contribution in [0.1, 0.15) is 48.6 Å². The van der Waals surface area contributed by atoms with Crippen LogP contribution in [0.5, 0.6) is 11.5 Å². The van der Waals surface area contributed by atoms with Gasteiger partial charge in [-0.2, -0.15) is 0 Å². The van der Waals surface area contributed by atoms with E-state index in [1.165, 1.54) is 65.5 Å². The number of para-hydroxylation sites is 2. The van der Waals surface area contributed by atoms with E-state index in [1.54, 1.807) is 0 Å². The molecule has 0 saturated carbocycles. The molecule has 0 fully saturated rings. The van der Waals surface area contributed by atoms with Gasteiger partial charge in [0.05, 0.1) is 40.2 Å². The van der Waals surface area contributed by atoms with Crippen LogP contribution >= 0.6 is 11.8 Å². The molecule has 12 rings (SSSR count). The van der Waals surface area contributed by atoms with Crippen molar-refractivity contribution in [3.05, 3.63) is 198 Å². The third-order valence-corrected chi connectivity index (χ3v) is 14.0. The molecule has 0 saturated heterocycles. The first-order valence-corrected chi connectivity index (χ1v) is 21.5. The average Bonchev–Trinajstić information content (AvgIpc) is 3.79. The van der Waals surface area contributed by atoms with Crippen molar-refractivity contribution in [3.63, 3.8) is 0 Å². The average molecular weight is 795 g/mol. The van der Waals surface area contributed by atoms with Gasteiger partial charge in [-0.1, -0.05) is 130 Å². The van der Waals surface area contributed by atoms with E-state index in [0.717, 1.165) is 46.1 Å². The van der Waals surface area contributed by atoms with Crippen LogP contribution in [-0.2, 0) is 10.8 Å². The monoisotopic (exact) mass is 794 g/mol. The molecule has 5 heterocycles. The summed E-state index contributed by atoms with van der Waals surface area (Å²) in [6, 6.07) is 59.9. The van der Waals surface area contributed by atoms with Crippen LogP contribution in [0.15, 0.2) is 180 Å². The number of pyridine rings is 1. The first-order valence-electron chi connectivity index (χ1n) is 20.7. The molecule has 1 atom stereocenters. The van der Waals surface area contributed by atoms with Gasteiger partial charge in [0.1, 0.15) is 17.3 Å². The Bertz CT molecular complexity index is 3200. The summed E-state index contributed by atoms with van der Waals surface area (Å²) >= 11 is 1.90. The van der Waals surface area contributed by atoms with Crippen LogP contribution in [0, 0.1) is 0 Å². The maximum absolute atomic E-state index is 6.96. The number of benzene rings is 7. The van der Waals surface area contributed by atoms with E-state index in [1.807, 2.05) is 30.1 Å². The van der Waals surface area contributed by atoms with Gasteiger partial charge in [0, 0.05) is 45.9 Å². The summed E-state index contributed by atoms with van der Waals surface area (Å²) in [5.74, 6) is 2.45. The van der Waals surface area contributed by atoms with Crippen LogP contribution < -0.4 is 14.5 Å². The maximum Gasteiger partial charge on any atom is 0.137 e. The summed E-state index contributed by atoms with van der Waals surface area (Å²) in [5.41, 5.74) is 14.2. The maximum atomic E-state index is 6.96. The molecule has 7 aromatic carbocycles. The van der Waals surface area contributed by atoms with Gasteiger partial charge in [-0.15, -0.1) is 0 Å². The summed E-state index contributed by atoms with van der Waals surface area (Å²) in [5, 5.41) is 2.35. The number of anilines is 3. The lowest BCUT2D eigenvalue weighted by Crippen LogP contribution is -2.41. The third kappa shape index (κ3) is 4.97. The fraction of sp³-hybridized carbons (Fsp3) is 0.130. The van der Waals surface area contributed by atoms with Crippen LogP contribution in [0.2, 0.25) is 0 Å². The smallest absolute Gasteiger partial charge is 0.137 e. The molecule has 3 aliphatic rings. The van der Waals surface area contributed by atoms with Gasteiger partial charge in [-0.3, -0.25) is 4.57 Å². The summed E-state index contributed by atoms with van der Waals surface area (Å²) < 4.78 is 9.19. The predicted molar refractivity (Wildman–Crippen MR) is 247 cm³/mol. The third-order valence-electron chi connectivity index (χ3n) is 12.8. The highest BCUT2D eigenvalue weighted by molar-refractivity contribution is 7.99. The van der Waals surface area contributed by atoms with Gasteiger partial charge in [-0.25, -0.2) is 4.98 Å². The second-order valence-electron chi connectivity index (χ2n) is 17.3. The van der Waals surface area contributed by atoms with Crippen molar-refractivity contribution in [2.45, 2.75) is 41.4 Å². The minimum atomic E-state index is -0.618. The lowest BCUT2D eigenvalue weighted by molar-refractivity contribution is 0.482. The molecular weight excluding hydrogens is 753 g/mol. The molecule has 5 nitrogen and oxygen atoms in total. The minimum Gasteiger partial charge on any atom is -0.457 e. The van der Waals surface area contributed by atoms with Crippen molar-refractivity contribution in [3.8, 4) is 28.4 Å². The highest BCUT2D eigenvalue weighted by Crippen LogP contribution is 2.66. The number of ether oxygens (including phenoxy) is 1. The van der Waals surface area contributed by atoms with Crippen molar-refractivity contribution >= 4 is 50.6 Å². The van der Waals surface area contributed by atoms with E-state index in [2.05, 4.69) is 194 Å². The van der Waals surface area contributed by atoms with Gasteiger partial charge >= 0.3 is 0 Å². The molecular formula is C54H42N4OS. The Hall–Kier alpha value is -6.76. The van der Waals surface area contributed by atoms with E-state index in [-0.39, 0.29) is 5.41 Å². The molecule has 2 aromatic heterocycles. The second kappa shape index (κ2) is 12.9. The van der Waals surface area contributed by atoms with Crippen LogP contribution in [0.3, 0.4) is 0 Å². The quantitative estimate of drug-likeness (QED) is 0.177. The number of hydrogen-bond donors (Lipinski definition) is 0. The highest BCUT2D eigenvalue weighted by atomic mass is 32.2. The Labute approximate surface area is 354 Å². The summed E-state index contributed by atoms with van der Waals surface area (Å²) in [7, 11) is 2.21. The summed E-state index contributed by atoms with van der Waals surface area (Å²) in [6.45, 7) is 7.71. The molecule has 60 heavy (non-hydrogen) atoms. The standard InChI is InChI=1S/C54H42N4OS/c1-53(2,3)35-23-28-48-43(30-35)54(51-38(17-12-21-49(51)60-48)34-14-6-5-7-15-34)41-27-25-37(32-47(41)57-33-56(4)45-20-13-18-42(54)52(45)57)59-36-24-26-40-39-16-8-9-19-44(39)58(46(40)31-36)50-22-10-11-29-55-50/h5-32H,33H2,1-4H3. The van der Waals surface area contributed by atoms with Gasteiger partial charge < -0.3 is 14.5 Å². The van der Waals surface area contributed by atoms with Crippen molar-refractivity contribution in [2.24, 2.45) is 0 Å². The fourth-order valence-electron chi connectivity index (χ4n) is 10.2. The van der Waals surface area contributed by atoms with Crippen LogP contribution in [-0.4, -0.2) is 23.3 Å². The van der Waals surface area contributed by atoms with Crippen LogP contribution in [0.4, 0.5) is 17.1 Å². The normalized spacial score (nSPS) is 16.2. The van der Waals surface area contributed by atoms with Crippen molar-refractivity contribution in [1.82, 2.24) is 9.55 Å². The first-order chi connectivity index (χ1) is 29.3. The molecule has 0 aliphatic carbocycles. The lowest BCUT2D eigenvalue weighted by Gasteiger charge is -2.49. The van der Waals surface area contributed by atoms with Gasteiger partial charge in [0.15, 0.2) is 0 Å². The predicted octanol–water partition coefficient (Wildman–Crippen LogP) is 13.6. The summed E-state index contributed by atoms with van der Waals surface area (Å²) in [6.07, 6.45) is 1.85. The Morgan fingerprint density at radius 3 is 2.25 bits per heavy atom. The largest absolute Gasteiger partial charge is 0.457 e. The molecule has 9 aromatic rings. The molecule has 0 bridgehead atoms. The zero-order chi connectivity index (χ0) is 40.3. The molecule has 0 radical (unpaired) electrons. The van der Waals surface area contributed by atoms with E-state index in [0.29, 0.717) is 0 Å². The van der Waals surface area contributed by atoms with Crippen molar-refractivity contribution in [1.29, 1.82) is 0 Å². The SMILES string of the molecule is CN1CN2c3cc(Oc4ccc5c6ccccc6n(-c6ccccn6)c5c4)ccc3C3(c4cc(C(C)(C)C)ccc4Sc4cccc(-c5ccccc5)c43)c3cccc1c32. The first kappa shape index (κ1) is 35.2. The zero-order valence-corrected chi connectivity index (χ0v) is 34.8. The lowest BCUT2D eigenvalue weighted by atomic mass is 9.60. The van der Waals surface area contributed by atoms with E-state index in [4.69, 9.17) is 9.72 Å². The molecule has 0 amide bonds. The number of hydrogen-bond acceptors (Lipinski definition) is 5.